The fraction of sp³-hybridized carbons (Fsp3) is 0.500. The summed E-state index contributed by atoms with van der Waals surface area (Å²) in [6.07, 6.45) is 5.33. The summed E-state index contributed by atoms with van der Waals surface area (Å²) in [5, 5.41) is 0. The third-order valence-electron chi connectivity index (χ3n) is 5.46. The molecule has 1 spiro atoms. The van der Waals surface area contributed by atoms with E-state index in [2.05, 4.69) is 0 Å². The predicted molar refractivity (Wildman–Crippen MR) is 93.1 cm³/mol. The molecule has 0 unspecified atom stereocenters. The zero-order valence-electron chi connectivity index (χ0n) is 14.6. The van der Waals surface area contributed by atoms with Crippen molar-refractivity contribution >= 4 is 17.6 Å². The first-order chi connectivity index (χ1) is 12.1. The van der Waals surface area contributed by atoms with Gasteiger partial charge in [0.1, 0.15) is 11.5 Å². The van der Waals surface area contributed by atoms with Crippen LogP contribution in [0.1, 0.15) is 25.3 Å². The molecule has 2 fully saturated rings. The van der Waals surface area contributed by atoms with Gasteiger partial charge in [-0.2, -0.15) is 0 Å². The van der Waals surface area contributed by atoms with E-state index in [-0.39, 0.29) is 18.0 Å². The summed E-state index contributed by atoms with van der Waals surface area (Å²) in [4.78, 5) is 27.4. The molecule has 25 heavy (non-hydrogen) atoms. The minimum Gasteiger partial charge on any atom is -0.465 e. The molecule has 0 aliphatic carbocycles. The third-order valence-corrected chi connectivity index (χ3v) is 5.46. The summed E-state index contributed by atoms with van der Waals surface area (Å²) in [6, 6.07) is 7.85. The summed E-state index contributed by atoms with van der Waals surface area (Å²) in [5.41, 5.74) is 1.29. The number of fused-ring (bicyclic) bond motifs is 1. The minimum atomic E-state index is -0.693. The number of aryl methyl sites for hydroxylation is 1. The molecule has 1 aromatic carbocycles. The predicted octanol–water partition coefficient (Wildman–Crippen LogP) is 2.62. The van der Waals surface area contributed by atoms with E-state index in [1.54, 1.807) is 4.90 Å². The van der Waals surface area contributed by atoms with E-state index < -0.39 is 17.4 Å². The van der Waals surface area contributed by atoms with Gasteiger partial charge in [-0.25, -0.2) is 0 Å². The van der Waals surface area contributed by atoms with Gasteiger partial charge < -0.3 is 14.4 Å². The molecule has 4 rings (SSSR count). The topological polar surface area (TPSA) is 55.8 Å². The van der Waals surface area contributed by atoms with Gasteiger partial charge in [0.15, 0.2) is 0 Å². The van der Waals surface area contributed by atoms with Crippen LogP contribution in [0.5, 0.6) is 0 Å². The Bertz CT molecular complexity index is 726. The number of hydrogen-bond acceptors (Lipinski definition) is 4. The molecule has 1 aromatic rings. The first-order valence-electron chi connectivity index (χ1n) is 8.97. The molecule has 3 heterocycles. The van der Waals surface area contributed by atoms with Crippen LogP contribution < -0.4 is 4.90 Å². The Balaban J connectivity index is 1.59. The lowest BCUT2D eigenvalue weighted by atomic mass is 9.77. The van der Waals surface area contributed by atoms with E-state index in [0.29, 0.717) is 13.2 Å². The van der Waals surface area contributed by atoms with Crippen molar-refractivity contribution in [2.45, 2.75) is 38.4 Å². The molecule has 5 nitrogen and oxygen atoms in total. The van der Waals surface area contributed by atoms with Crippen molar-refractivity contribution in [1.82, 2.24) is 0 Å². The molecule has 3 aliphatic rings. The Morgan fingerprint density at radius 2 is 2.12 bits per heavy atom. The standard InChI is InChI=1S/C20H23NO4/c1-3-4-11-24-19(23)16-15-9-10-20(25-15)12-21(18(22)17(16)20)14-7-5-13(2)6-8-14/h5-10,15-17H,3-4,11-12H2,1-2H3/t15-,16-,17+,20-/m0/s1. The molecule has 132 valence electrons. The van der Waals surface area contributed by atoms with Crippen LogP contribution in [0.3, 0.4) is 0 Å². The van der Waals surface area contributed by atoms with Crippen molar-refractivity contribution in [3.63, 3.8) is 0 Å². The number of hydrogen-bond donors (Lipinski definition) is 0. The summed E-state index contributed by atoms with van der Waals surface area (Å²) >= 11 is 0. The van der Waals surface area contributed by atoms with Gasteiger partial charge in [0, 0.05) is 5.69 Å². The van der Waals surface area contributed by atoms with E-state index in [1.165, 1.54) is 0 Å². The highest BCUT2D eigenvalue weighted by molar-refractivity contribution is 6.02. The number of carbonyl (C=O) groups is 2. The molecular weight excluding hydrogens is 318 g/mol. The molecule has 0 aromatic heterocycles. The van der Waals surface area contributed by atoms with Gasteiger partial charge in [-0.3, -0.25) is 9.59 Å². The molecule has 0 radical (unpaired) electrons. The second-order valence-corrected chi connectivity index (χ2v) is 7.18. The second-order valence-electron chi connectivity index (χ2n) is 7.18. The van der Waals surface area contributed by atoms with Gasteiger partial charge in [0.25, 0.3) is 0 Å². The van der Waals surface area contributed by atoms with Crippen molar-refractivity contribution in [3.05, 3.63) is 42.0 Å². The van der Waals surface area contributed by atoms with Gasteiger partial charge in [-0.1, -0.05) is 43.2 Å². The van der Waals surface area contributed by atoms with E-state index in [1.807, 2.05) is 50.3 Å². The highest BCUT2D eigenvalue weighted by atomic mass is 16.6. The normalized spacial score (nSPS) is 32.3. The first-order valence-corrected chi connectivity index (χ1v) is 8.97. The lowest BCUT2D eigenvalue weighted by Gasteiger charge is -2.22. The van der Waals surface area contributed by atoms with Crippen molar-refractivity contribution in [2.24, 2.45) is 11.8 Å². The van der Waals surface area contributed by atoms with Gasteiger partial charge in [-0.05, 0) is 25.5 Å². The van der Waals surface area contributed by atoms with Crippen LogP contribution in [0, 0.1) is 18.8 Å². The number of amides is 1. The Morgan fingerprint density at radius 3 is 2.84 bits per heavy atom. The molecule has 2 bridgehead atoms. The smallest absolute Gasteiger partial charge is 0.312 e. The van der Waals surface area contributed by atoms with Crippen LogP contribution in [0.4, 0.5) is 5.69 Å². The van der Waals surface area contributed by atoms with Crippen LogP contribution >= 0.6 is 0 Å². The van der Waals surface area contributed by atoms with E-state index in [0.717, 1.165) is 24.1 Å². The summed E-state index contributed by atoms with van der Waals surface area (Å²) in [6.45, 7) is 4.91. The third kappa shape index (κ3) is 2.49. The fourth-order valence-corrected chi connectivity index (χ4v) is 4.12. The fourth-order valence-electron chi connectivity index (χ4n) is 4.12. The van der Waals surface area contributed by atoms with Gasteiger partial charge in [-0.15, -0.1) is 0 Å². The lowest BCUT2D eigenvalue weighted by Crippen LogP contribution is -2.40. The number of anilines is 1. The van der Waals surface area contributed by atoms with Crippen LogP contribution in [-0.2, 0) is 19.1 Å². The van der Waals surface area contributed by atoms with E-state index >= 15 is 0 Å². The number of ether oxygens (including phenoxy) is 2. The van der Waals surface area contributed by atoms with E-state index in [9.17, 15) is 9.59 Å². The number of unbranched alkanes of at least 4 members (excludes halogenated alkanes) is 1. The van der Waals surface area contributed by atoms with Gasteiger partial charge in [0.2, 0.25) is 5.91 Å². The largest absolute Gasteiger partial charge is 0.465 e. The van der Waals surface area contributed by atoms with Crippen molar-refractivity contribution in [1.29, 1.82) is 0 Å². The average molecular weight is 341 g/mol. The number of nitrogens with zero attached hydrogens (tertiary/aromatic N) is 1. The number of esters is 1. The summed E-state index contributed by atoms with van der Waals surface area (Å²) in [7, 11) is 0. The van der Waals surface area contributed by atoms with Crippen LogP contribution in [0.15, 0.2) is 36.4 Å². The monoisotopic (exact) mass is 341 g/mol. The maximum Gasteiger partial charge on any atom is 0.312 e. The molecule has 2 saturated heterocycles. The number of benzene rings is 1. The second kappa shape index (κ2) is 5.99. The highest BCUT2D eigenvalue weighted by Gasteiger charge is 2.67. The molecule has 0 saturated carbocycles. The maximum atomic E-state index is 13.1. The highest BCUT2D eigenvalue weighted by Crippen LogP contribution is 2.52. The van der Waals surface area contributed by atoms with Gasteiger partial charge >= 0.3 is 5.97 Å². The maximum absolute atomic E-state index is 13.1. The zero-order chi connectivity index (χ0) is 17.6. The average Bonchev–Trinajstić information content (AvgIpc) is 3.24. The molecule has 4 atom stereocenters. The quantitative estimate of drug-likeness (QED) is 0.469. The Kier molecular flexibility index (Phi) is 3.91. The Hall–Kier alpha value is -2.14. The SMILES string of the molecule is CCCCOC(=O)[C@H]1[C@@H]2C=C[C@@]3(CN(c4ccc(C)cc4)C(=O)[C@@H]13)O2. The van der Waals surface area contributed by atoms with Crippen LogP contribution in [0.2, 0.25) is 0 Å². The summed E-state index contributed by atoms with van der Waals surface area (Å²) < 4.78 is 11.5. The summed E-state index contributed by atoms with van der Waals surface area (Å²) in [5.74, 6) is -1.38. The van der Waals surface area contributed by atoms with Crippen LogP contribution in [0.25, 0.3) is 0 Å². The molecule has 0 N–H and O–H groups in total. The number of rotatable bonds is 5. The Morgan fingerprint density at radius 1 is 1.36 bits per heavy atom. The molecular formula is C20H23NO4. The molecule has 1 amide bonds. The van der Waals surface area contributed by atoms with Crippen molar-refractivity contribution in [2.75, 3.05) is 18.1 Å². The van der Waals surface area contributed by atoms with E-state index in [4.69, 9.17) is 9.47 Å². The lowest BCUT2D eigenvalue weighted by molar-refractivity contribution is -0.152. The van der Waals surface area contributed by atoms with Crippen LogP contribution in [-0.4, -0.2) is 36.7 Å². The minimum absolute atomic E-state index is 0.0480. The zero-order valence-corrected chi connectivity index (χ0v) is 14.6. The molecule has 3 aliphatic heterocycles. The molecule has 5 heteroatoms. The Labute approximate surface area is 147 Å². The van der Waals surface area contributed by atoms with Gasteiger partial charge in [0.05, 0.1) is 25.2 Å². The number of carbonyl (C=O) groups excluding carboxylic acids is 2. The first kappa shape index (κ1) is 16.3. The van der Waals surface area contributed by atoms with Crippen molar-refractivity contribution < 1.29 is 19.1 Å². The van der Waals surface area contributed by atoms with Crippen molar-refractivity contribution in [3.8, 4) is 0 Å².